The Kier molecular flexibility index (Phi) is 4.18. The van der Waals surface area contributed by atoms with E-state index in [2.05, 4.69) is 0 Å². The third kappa shape index (κ3) is 2.09. The molecule has 0 aromatic carbocycles. The van der Waals surface area contributed by atoms with Crippen molar-refractivity contribution in [2.24, 2.45) is 5.92 Å². The molecule has 3 atom stereocenters. The van der Waals surface area contributed by atoms with E-state index in [-0.39, 0.29) is 24.5 Å². The van der Waals surface area contributed by atoms with Gasteiger partial charge in [0, 0.05) is 6.42 Å². The van der Waals surface area contributed by atoms with Gasteiger partial charge in [-0.1, -0.05) is 0 Å². The van der Waals surface area contributed by atoms with Gasteiger partial charge in [-0.25, -0.2) is 14.4 Å². The molecule has 0 aromatic heterocycles. The molecule has 3 aliphatic rings. The van der Waals surface area contributed by atoms with Crippen LogP contribution in [-0.2, 0) is 38.1 Å². The lowest BCUT2D eigenvalue weighted by Crippen LogP contribution is -2.58. The Morgan fingerprint density at radius 2 is 1.80 bits per heavy atom. The molecular weight excluding hydrogens is 332 g/mol. The summed E-state index contributed by atoms with van der Waals surface area (Å²) in [6.45, 7) is 1.57. The molecule has 25 heavy (non-hydrogen) atoms. The quantitative estimate of drug-likeness (QED) is 0.408. The number of hydrogen-bond donors (Lipinski definition) is 0. The van der Waals surface area contributed by atoms with Crippen LogP contribution in [0.5, 0.6) is 0 Å². The highest BCUT2D eigenvalue weighted by Gasteiger charge is 2.73. The summed E-state index contributed by atoms with van der Waals surface area (Å²) in [5, 5.41) is 0. The fourth-order valence-electron chi connectivity index (χ4n) is 4.32. The number of hydrogen-bond acceptors (Lipinski definition) is 8. The van der Waals surface area contributed by atoms with E-state index in [1.165, 1.54) is 7.11 Å². The molecule has 0 N–H and O–H groups in total. The number of Topliss-reactive ketones (excluding diaryl/α,β-unsaturated/α-hetero) is 1. The van der Waals surface area contributed by atoms with E-state index >= 15 is 0 Å². The second-order valence-electron chi connectivity index (χ2n) is 6.34. The van der Waals surface area contributed by atoms with Crippen LogP contribution in [0.3, 0.4) is 0 Å². The highest BCUT2D eigenvalue weighted by atomic mass is 16.6. The molecule has 8 heteroatoms. The monoisotopic (exact) mass is 352 g/mol. The van der Waals surface area contributed by atoms with E-state index in [0.717, 1.165) is 7.11 Å². The predicted molar refractivity (Wildman–Crippen MR) is 81.2 cm³/mol. The molecule has 2 aliphatic heterocycles. The molecule has 0 amide bonds. The van der Waals surface area contributed by atoms with Crippen LogP contribution in [-0.4, -0.2) is 55.7 Å². The Balaban J connectivity index is 2.32. The van der Waals surface area contributed by atoms with Gasteiger partial charge in [0.15, 0.2) is 5.78 Å². The van der Waals surface area contributed by atoms with Crippen molar-refractivity contribution in [2.45, 2.75) is 43.8 Å². The fourth-order valence-corrected chi connectivity index (χ4v) is 4.32. The summed E-state index contributed by atoms with van der Waals surface area (Å²) in [5.41, 5.74) is -3.93. The molecule has 0 radical (unpaired) electrons. The van der Waals surface area contributed by atoms with Crippen molar-refractivity contribution in [2.75, 3.05) is 20.8 Å². The first-order chi connectivity index (χ1) is 11.9. The van der Waals surface area contributed by atoms with E-state index in [1.807, 2.05) is 0 Å². The molecule has 2 fully saturated rings. The summed E-state index contributed by atoms with van der Waals surface area (Å²) in [6, 6.07) is 0. The normalized spacial score (nSPS) is 33.1. The van der Waals surface area contributed by atoms with Gasteiger partial charge < -0.3 is 18.9 Å². The lowest BCUT2D eigenvalue weighted by atomic mass is 9.80. The summed E-state index contributed by atoms with van der Waals surface area (Å²) in [7, 11) is 2.28. The maximum atomic E-state index is 12.9. The molecule has 3 rings (SSSR count). The van der Waals surface area contributed by atoms with Gasteiger partial charge in [-0.15, -0.1) is 0 Å². The first-order valence-electron chi connectivity index (χ1n) is 8.21. The molecular formula is C17H20O8. The minimum Gasteiger partial charge on any atom is -0.466 e. The van der Waals surface area contributed by atoms with Gasteiger partial charge in [0.25, 0.3) is 5.60 Å². The van der Waals surface area contributed by atoms with E-state index in [9.17, 15) is 19.2 Å². The largest absolute Gasteiger partial charge is 0.466 e. The second kappa shape index (κ2) is 5.94. The van der Waals surface area contributed by atoms with Crippen LogP contribution in [0.2, 0.25) is 0 Å². The van der Waals surface area contributed by atoms with Gasteiger partial charge >= 0.3 is 17.9 Å². The summed E-state index contributed by atoms with van der Waals surface area (Å²) < 4.78 is 20.6. The number of carbonyl (C=O) groups is 4. The molecule has 8 nitrogen and oxygen atoms in total. The van der Waals surface area contributed by atoms with Crippen LogP contribution >= 0.6 is 0 Å². The Morgan fingerprint density at radius 1 is 1.16 bits per heavy atom. The van der Waals surface area contributed by atoms with Gasteiger partial charge in [-0.2, -0.15) is 0 Å². The molecule has 1 aliphatic carbocycles. The van der Waals surface area contributed by atoms with Crippen LogP contribution in [0.1, 0.15) is 32.6 Å². The number of ketones is 1. The van der Waals surface area contributed by atoms with Crippen molar-refractivity contribution in [1.29, 1.82) is 0 Å². The lowest BCUT2D eigenvalue weighted by Gasteiger charge is -2.41. The van der Waals surface area contributed by atoms with Gasteiger partial charge in [0.2, 0.25) is 0 Å². The zero-order valence-electron chi connectivity index (χ0n) is 14.4. The molecule has 2 bridgehead atoms. The van der Waals surface area contributed by atoms with Crippen LogP contribution in [0, 0.1) is 5.92 Å². The second-order valence-corrected chi connectivity index (χ2v) is 6.34. The number of ether oxygens (including phenoxy) is 4. The predicted octanol–water partition coefficient (Wildman–Crippen LogP) is 0.473. The zero-order chi connectivity index (χ0) is 18.4. The van der Waals surface area contributed by atoms with Crippen molar-refractivity contribution < 1.29 is 38.1 Å². The number of rotatable bonds is 4. The third-order valence-electron chi connectivity index (χ3n) is 5.29. The molecule has 1 saturated heterocycles. The van der Waals surface area contributed by atoms with Crippen LogP contribution in [0.15, 0.2) is 11.1 Å². The highest BCUT2D eigenvalue weighted by Crippen LogP contribution is 2.59. The Morgan fingerprint density at radius 3 is 2.40 bits per heavy atom. The molecule has 0 aromatic rings. The molecule has 2 heterocycles. The van der Waals surface area contributed by atoms with Gasteiger partial charge in [0.1, 0.15) is 11.2 Å². The van der Waals surface area contributed by atoms with Gasteiger partial charge in [0.05, 0.1) is 26.4 Å². The Bertz CT molecular complexity index is 693. The van der Waals surface area contributed by atoms with E-state index in [1.54, 1.807) is 6.92 Å². The van der Waals surface area contributed by atoms with E-state index in [4.69, 9.17) is 18.9 Å². The van der Waals surface area contributed by atoms with Gasteiger partial charge in [-0.3, -0.25) is 4.79 Å². The summed E-state index contributed by atoms with van der Waals surface area (Å²) in [4.78, 5) is 50.6. The van der Waals surface area contributed by atoms with E-state index in [0.29, 0.717) is 19.3 Å². The van der Waals surface area contributed by atoms with E-state index < -0.39 is 40.5 Å². The Hall–Kier alpha value is -2.22. The highest BCUT2D eigenvalue weighted by molar-refractivity contribution is 6.22. The topological polar surface area (TPSA) is 105 Å². The number of fused-ring (bicyclic) bond motifs is 1. The van der Waals surface area contributed by atoms with Crippen LogP contribution < -0.4 is 0 Å². The van der Waals surface area contributed by atoms with Gasteiger partial charge in [-0.05, 0) is 32.1 Å². The smallest absolute Gasteiger partial charge is 0.351 e. The summed E-state index contributed by atoms with van der Waals surface area (Å²) >= 11 is 0. The Labute approximate surface area is 144 Å². The molecule has 136 valence electrons. The zero-order valence-corrected chi connectivity index (χ0v) is 14.4. The summed E-state index contributed by atoms with van der Waals surface area (Å²) in [5.74, 6) is -3.64. The van der Waals surface area contributed by atoms with Crippen molar-refractivity contribution in [1.82, 2.24) is 0 Å². The average Bonchev–Trinajstić information content (AvgIpc) is 3.13. The standard InChI is InChI=1S/C17H20O8/c1-4-24-15(21)17-10(18)8-9-6-5-7-16(9,25-17)11(13(19)22-2)12(17)14(20)23-3/h9H,4-8H2,1-3H3/t9-,16-,17+/m1/s1. The molecule has 0 unspecified atom stereocenters. The summed E-state index contributed by atoms with van der Waals surface area (Å²) in [6.07, 6.45) is 1.79. The maximum absolute atomic E-state index is 12.9. The maximum Gasteiger partial charge on any atom is 0.351 e. The molecule has 1 spiro atoms. The fraction of sp³-hybridized carbons (Fsp3) is 0.647. The lowest BCUT2D eigenvalue weighted by molar-refractivity contribution is -0.196. The minimum absolute atomic E-state index is 0.00430. The number of carbonyl (C=O) groups excluding carboxylic acids is 4. The average molecular weight is 352 g/mol. The van der Waals surface area contributed by atoms with Crippen molar-refractivity contribution >= 4 is 23.7 Å². The van der Waals surface area contributed by atoms with Crippen molar-refractivity contribution in [3.8, 4) is 0 Å². The first-order valence-corrected chi connectivity index (χ1v) is 8.21. The van der Waals surface area contributed by atoms with Crippen molar-refractivity contribution in [3.05, 3.63) is 11.1 Å². The minimum atomic E-state index is -2.26. The van der Waals surface area contributed by atoms with Crippen molar-refractivity contribution in [3.63, 3.8) is 0 Å². The first kappa shape index (κ1) is 17.6. The third-order valence-corrected chi connectivity index (χ3v) is 5.29. The number of esters is 3. The van der Waals surface area contributed by atoms with Crippen LogP contribution in [0.25, 0.3) is 0 Å². The number of methoxy groups -OCH3 is 2. The SMILES string of the molecule is CCOC(=O)[C@]12O[C@@]3(CCC[C@@H]3CC1=O)C(C(=O)OC)=C2C(=O)OC. The van der Waals surface area contributed by atoms with Crippen LogP contribution in [0.4, 0.5) is 0 Å². The molecule has 1 saturated carbocycles.